The van der Waals surface area contributed by atoms with E-state index in [0.29, 0.717) is 32.2 Å². The third-order valence-electron chi connectivity index (χ3n) is 4.01. The van der Waals surface area contributed by atoms with Gasteiger partial charge in [0.1, 0.15) is 12.1 Å². The normalized spacial score (nSPS) is 15.3. The summed E-state index contributed by atoms with van der Waals surface area (Å²) in [6.45, 7) is 5.71. The number of aliphatic hydroxyl groups excluding tert-OH is 1. The second kappa shape index (κ2) is 13.0. The van der Waals surface area contributed by atoms with E-state index in [1.165, 1.54) is 0 Å². The standard InChI is InChI=1S/C17H33N6O4/c1-4-6-12(23-16(27)13(18)14(25)10(2)3)15(26)22-11(9-24)7-5-8-21-17(19)20/h10-14,25H,4-8,18H2,1-3H3,(H,22,26)(H,23,27)(H4,19,20,21)/t11-,12+,13+,14-/m1/s1. The molecule has 10 heteroatoms. The number of hydrogen-bond donors (Lipinski definition) is 7. The molecule has 0 aliphatic rings. The molecule has 0 fully saturated rings. The lowest BCUT2D eigenvalue weighted by molar-refractivity contribution is -0.131. The lowest BCUT2D eigenvalue weighted by Gasteiger charge is -2.25. The molecule has 1 radical (unpaired) electrons. The topological polar surface area (TPSA) is 183 Å². The van der Waals surface area contributed by atoms with Crippen LogP contribution in [0.15, 0.2) is 0 Å². The highest BCUT2D eigenvalue weighted by atomic mass is 16.3. The van der Waals surface area contributed by atoms with Gasteiger partial charge in [-0.15, -0.1) is 0 Å². The SMILES string of the molecule is CCC[C@H](NC(=O)[C@@H](N)[C@H](O)C(C)C)C(=O)N[C@@H]([C]=O)CCCNC(=N)N. The average Bonchev–Trinajstić information content (AvgIpc) is 2.61. The van der Waals surface area contributed by atoms with Crippen LogP contribution in [0, 0.1) is 11.3 Å². The number of hydrogen-bond acceptors (Lipinski definition) is 6. The highest BCUT2D eigenvalue weighted by Crippen LogP contribution is 2.06. The minimum Gasteiger partial charge on any atom is -0.391 e. The number of guanidine groups is 1. The van der Waals surface area contributed by atoms with E-state index < -0.39 is 36.0 Å². The quantitative estimate of drug-likeness (QED) is 0.114. The first-order chi connectivity index (χ1) is 12.6. The van der Waals surface area contributed by atoms with Gasteiger partial charge in [-0.05, 0) is 25.2 Å². The van der Waals surface area contributed by atoms with E-state index in [2.05, 4.69) is 16.0 Å². The first-order valence-electron chi connectivity index (χ1n) is 9.13. The zero-order valence-corrected chi connectivity index (χ0v) is 16.2. The first kappa shape index (κ1) is 24.8. The van der Waals surface area contributed by atoms with Crippen molar-refractivity contribution in [1.82, 2.24) is 16.0 Å². The lowest BCUT2D eigenvalue weighted by atomic mass is 9.99. The Morgan fingerprint density at radius 2 is 1.81 bits per heavy atom. The largest absolute Gasteiger partial charge is 0.391 e. The fourth-order valence-corrected chi connectivity index (χ4v) is 2.36. The molecule has 0 aliphatic heterocycles. The number of amides is 2. The molecule has 10 nitrogen and oxygen atoms in total. The van der Waals surface area contributed by atoms with Crippen LogP contribution in [-0.2, 0) is 14.4 Å². The molecule has 0 unspecified atom stereocenters. The summed E-state index contributed by atoms with van der Waals surface area (Å²) >= 11 is 0. The van der Waals surface area contributed by atoms with Gasteiger partial charge in [-0.25, -0.2) is 0 Å². The van der Waals surface area contributed by atoms with Crippen LogP contribution in [0.4, 0.5) is 0 Å². The Bertz CT molecular complexity index is 500. The van der Waals surface area contributed by atoms with Crippen molar-refractivity contribution in [3.63, 3.8) is 0 Å². The van der Waals surface area contributed by atoms with Gasteiger partial charge in [0.25, 0.3) is 0 Å². The number of aliphatic hydroxyl groups is 1. The Labute approximate surface area is 160 Å². The molecule has 27 heavy (non-hydrogen) atoms. The Hall–Kier alpha value is -2.20. The maximum atomic E-state index is 12.4. The van der Waals surface area contributed by atoms with Crippen LogP contribution in [0.2, 0.25) is 0 Å². The van der Waals surface area contributed by atoms with Crippen LogP contribution in [0.3, 0.4) is 0 Å². The molecule has 2 amide bonds. The van der Waals surface area contributed by atoms with E-state index in [-0.39, 0.29) is 11.9 Å². The summed E-state index contributed by atoms with van der Waals surface area (Å²) in [6, 6.07) is -2.85. The van der Waals surface area contributed by atoms with Gasteiger partial charge >= 0.3 is 0 Å². The van der Waals surface area contributed by atoms with E-state index in [1.54, 1.807) is 20.1 Å². The molecule has 0 saturated carbocycles. The second-order valence-corrected chi connectivity index (χ2v) is 6.77. The summed E-state index contributed by atoms with van der Waals surface area (Å²) in [5.74, 6) is -1.51. The maximum Gasteiger partial charge on any atom is 0.243 e. The van der Waals surface area contributed by atoms with Crippen LogP contribution in [0.5, 0.6) is 0 Å². The minimum absolute atomic E-state index is 0.170. The van der Waals surface area contributed by atoms with Crippen molar-refractivity contribution in [1.29, 1.82) is 5.41 Å². The molecule has 0 saturated heterocycles. The molecule has 0 aromatic rings. The predicted molar refractivity (Wildman–Crippen MR) is 102 cm³/mol. The van der Waals surface area contributed by atoms with Crippen LogP contribution in [-0.4, -0.2) is 59.9 Å². The predicted octanol–water partition coefficient (Wildman–Crippen LogP) is -1.53. The third kappa shape index (κ3) is 9.90. The maximum absolute atomic E-state index is 12.4. The van der Waals surface area contributed by atoms with Gasteiger partial charge in [-0.3, -0.25) is 19.8 Å². The Balaban J connectivity index is 4.73. The van der Waals surface area contributed by atoms with Crippen molar-refractivity contribution in [3.8, 4) is 0 Å². The molecular weight excluding hydrogens is 352 g/mol. The summed E-state index contributed by atoms with van der Waals surface area (Å²) < 4.78 is 0. The first-order valence-corrected chi connectivity index (χ1v) is 9.13. The van der Waals surface area contributed by atoms with Crippen LogP contribution in [0.1, 0.15) is 46.5 Å². The summed E-state index contributed by atoms with van der Waals surface area (Å²) in [7, 11) is 0. The Morgan fingerprint density at radius 3 is 2.30 bits per heavy atom. The zero-order chi connectivity index (χ0) is 21.0. The highest BCUT2D eigenvalue weighted by Gasteiger charge is 2.29. The van der Waals surface area contributed by atoms with Gasteiger partial charge < -0.3 is 32.5 Å². The van der Waals surface area contributed by atoms with Crippen molar-refractivity contribution in [2.24, 2.45) is 17.4 Å². The van der Waals surface area contributed by atoms with Crippen molar-refractivity contribution < 1.29 is 19.5 Å². The van der Waals surface area contributed by atoms with Crippen LogP contribution in [0.25, 0.3) is 0 Å². The van der Waals surface area contributed by atoms with Crippen LogP contribution < -0.4 is 27.4 Å². The summed E-state index contributed by atoms with van der Waals surface area (Å²) in [6.07, 6.45) is 2.52. The molecule has 0 rings (SSSR count). The second-order valence-electron chi connectivity index (χ2n) is 6.77. The van der Waals surface area contributed by atoms with Crippen molar-refractivity contribution in [3.05, 3.63) is 0 Å². The van der Waals surface area contributed by atoms with Gasteiger partial charge in [0.15, 0.2) is 5.96 Å². The van der Waals surface area contributed by atoms with Crippen molar-refractivity contribution in [2.75, 3.05) is 6.54 Å². The average molecular weight is 385 g/mol. The van der Waals surface area contributed by atoms with E-state index >= 15 is 0 Å². The lowest BCUT2D eigenvalue weighted by Crippen LogP contribution is -2.56. The minimum atomic E-state index is -1.15. The zero-order valence-electron chi connectivity index (χ0n) is 16.2. The van der Waals surface area contributed by atoms with Crippen molar-refractivity contribution >= 4 is 24.1 Å². The Kier molecular flexibility index (Phi) is 12.0. The molecule has 155 valence electrons. The fraction of sp³-hybridized carbons (Fsp3) is 0.765. The molecule has 0 bridgehead atoms. The summed E-state index contributed by atoms with van der Waals surface area (Å²) in [5, 5.41) is 24.7. The molecule has 0 aromatic carbocycles. The van der Waals surface area contributed by atoms with E-state index in [0.717, 1.165) is 0 Å². The monoisotopic (exact) mass is 385 g/mol. The van der Waals surface area contributed by atoms with Gasteiger partial charge in [0, 0.05) is 6.54 Å². The molecule has 4 atom stereocenters. The number of nitrogens with one attached hydrogen (secondary N) is 4. The van der Waals surface area contributed by atoms with E-state index in [4.69, 9.17) is 16.9 Å². The molecule has 9 N–H and O–H groups in total. The van der Waals surface area contributed by atoms with E-state index in [9.17, 15) is 19.5 Å². The molecule has 0 aliphatic carbocycles. The fourth-order valence-electron chi connectivity index (χ4n) is 2.36. The third-order valence-corrected chi connectivity index (χ3v) is 4.01. The van der Waals surface area contributed by atoms with Gasteiger partial charge in [0.2, 0.25) is 18.1 Å². The Morgan fingerprint density at radius 1 is 1.19 bits per heavy atom. The highest BCUT2D eigenvalue weighted by molar-refractivity contribution is 5.91. The number of nitrogens with two attached hydrogens (primary N) is 2. The van der Waals surface area contributed by atoms with Gasteiger partial charge in [-0.2, -0.15) is 0 Å². The van der Waals surface area contributed by atoms with Gasteiger partial charge in [-0.1, -0.05) is 27.2 Å². The number of carbonyl (C=O) groups excluding carboxylic acids is 3. The van der Waals surface area contributed by atoms with Crippen molar-refractivity contribution in [2.45, 2.75) is 70.7 Å². The molecular formula is C17H33N6O4. The summed E-state index contributed by atoms with van der Waals surface area (Å²) in [5.41, 5.74) is 10.9. The summed E-state index contributed by atoms with van der Waals surface area (Å²) in [4.78, 5) is 35.7. The smallest absolute Gasteiger partial charge is 0.243 e. The molecule has 0 aromatic heterocycles. The number of carbonyl (C=O) groups is 2. The van der Waals surface area contributed by atoms with Gasteiger partial charge in [0.05, 0.1) is 12.1 Å². The number of rotatable bonds is 13. The molecule has 0 spiro atoms. The van der Waals surface area contributed by atoms with E-state index in [1.807, 2.05) is 6.92 Å². The molecule has 0 heterocycles. The van der Waals surface area contributed by atoms with Crippen LogP contribution >= 0.6 is 0 Å².